The minimum absolute atomic E-state index is 0.148. The average molecular weight is 275 g/mol. The van der Waals surface area contributed by atoms with E-state index in [1.54, 1.807) is 0 Å². The van der Waals surface area contributed by atoms with Gasteiger partial charge in [-0.3, -0.25) is 0 Å². The van der Waals surface area contributed by atoms with E-state index in [2.05, 4.69) is 39.0 Å². The Bertz CT molecular complexity index is 418. The largest absolute Gasteiger partial charge is 0.494 e. The van der Waals surface area contributed by atoms with Crippen molar-refractivity contribution in [3.05, 3.63) is 29.8 Å². The van der Waals surface area contributed by atoms with Crippen LogP contribution in [0.15, 0.2) is 24.3 Å². The molecule has 0 aromatic heterocycles. The molecular weight excluding hydrogens is 246 g/mol. The highest BCUT2D eigenvalue weighted by Gasteiger charge is 2.29. The van der Waals surface area contributed by atoms with E-state index in [4.69, 9.17) is 10.5 Å². The Hall–Kier alpha value is -1.02. The zero-order valence-electron chi connectivity index (χ0n) is 13.1. The highest BCUT2D eigenvalue weighted by molar-refractivity contribution is 5.30. The highest BCUT2D eigenvalue weighted by Crippen LogP contribution is 2.39. The van der Waals surface area contributed by atoms with Crippen molar-refractivity contribution in [1.29, 1.82) is 0 Å². The summed E-state index contributed by atoms with van der Waals surface area (Å²) in [6, 6.07) is 8.51. The molecule has 1 fully saturated rings. The average Bonchev–Trinajstić information content (AvgIpc) is 2.47. The van der Waals surface area contributed by atoms with Crippen LogP contribution in [0.2, 0.25) is 0 Å². The molecule has 1 aromatic carbocycles. The Morgan fingerprint density at radius 3 is 2.75 bits per heavy atom. The molecule has 1 saturated carbocycles. The third-order valence-corrected chi connectivity index (χ3v) is 4.86. The van der Waals surface area contributed by atoms with Gasteiger partial charge in [0, 0.05) is 6.04 Å². The van der Waals surface area contributed by atoms with Crippen molar-refractivity contribution in [1.82, 2.24) is 0 Å². The summed E-state index contributed by atoms with van der Waals surface area (Å²) in [6.45, 7) is 7.63. The molecule has 0 amide bonds. The monoisotopic (exact) mass is 275 g/mol. The standard InChI is InChI=1S/C18H29NO/c1-4-10-20-17-7-5-6-15(12-17)18(19)16-9-8-13(2)14(3)11-16/h5-7,12-14,16,18H,4,8-11,19H2,1-3H3. The molecule has 0 saturated heterocycles. The maximum Gasteiger partial charge on any atom is 0.119 e. The van der Waals surface area contributed by atoms with Gasteiger partial charge in [-0.15, -0.1) is 0 Å². The summed E-state index contributed by atoms with van der Waals surface area (Å²) in [4.78, 5) is 0. The maximum absolute atomic E-state index is 6.52. The summed E-state index contributed by atoms with van der Waals surface area (Å²) >= 11 is 0. The van der Waals surface area contributed by atoms with Crippen LogP contribution in [0.25, 0.3) is 0 Å². The number of rotatable bonds is 5. The molecule has 0 heterocycles. The third-order valence-electron chi connectivity index (χ3n) is 4.86. The molecule has 20 heavy (non-hydrogen) atoms. The van der Waals surface area contributed by atoms with Gasteiger partial charge in [-0.05, 0) is 54.7 Å². The van der Waals surface area contributed by atoms with E-state index >= 15 is 0 Å². The van der Waals surface area contributed by atoms with E-state index in [0.29, 0.717) is 5.92 Å². The van der Waals surface area contributed by atoms with E-state index in [9.17, 15) is 0 Å². The van der Waals surface area contributed by atoms with E-state index in [1.807, 2.05) is 6.07 Å². The maximum atomic E-state index is 6.52. The van der Waals surface area contributed by atoms with Gasteiger partial charge in [0.15, 0.2) is 0 Å². The van der Waals surface area contributed by atoms with Crippen LogP contribution in [-0.4, -0.2) is 6.61 Å². The fourth-order valence-corrected chi connectivity index (χ4v) is 3.22. The second kappa shape index (κ2) is 7.12. The van der Waals surface area contributed by atoms with Crippen LogP contribution < -0.4 is 10.5 Å². The summed E-state index contributed by atoms with van der Waals surface area (Å²) in [7, 11) is 0. The van der Waals surface area contributed by atoms with Gasteiger partial charge >= 0.3 is 0 Å². The van der Waals surface area contributed by atoms with E-state index in [1.165, 1.54) is 24.8 Å². The highest BCUT2D eigenvalue weighted by atomic mass is 16.5. The second-order valence-corrected chi connectivity index (χ2v) is 6.47. The first kappa shape index (κ1) is 15.4. The first-order valence-corrected chi connectivity index (χ1v) is 8.10. The molecule has 0 bridgehead atoms. The van der Waals surface area contributed by atoms with E-state index in [-0.39, 0.29) is 6.04 Å². The zero-order chi connectivity index (χ0) is 14.5. The first-order chi connectivity index (χ1) is 9.61. The molecule has 2 rings (SSSR count). The number of hydrogen-bond acceptors (Lipinski definition) is 2. The third kappa shape index (κ3) is 3.76. The van der Waals surface area contributed by atoms with Gasteiger partial charge in [-0.25, -0.2) is 0 Å². The van der Waals surface area contributed by atoms with Crippen molar-refractivity contribution in [2.24, 2.45) is 23.5 Å². The molecule has 4 unspecified atom stereocenters. The molecule has 2 nitrogen and oxygen atoms in total. The van der Waals surface area contributed by atoms with Crippen LogP contribution in [-0.2, 0) is 0 Å². The fourth-order valence-electron chi connectivity index (χ4n) is 3.22. The lowest BCUT2D eigenvalue weighted by Crippen LogP contribution is -2.29. The van der Waals surface area contributed by atoms with Gasteiger partial charge < -0.3 is 10.5 Å². The lowest BCUT2D eigenvalue weighted by molar-refractivity contribution is 0.186. The number of benzene rings is 1. The molecule has 4 atom stereocenters. The normalized spacial score (nSPS) is 28.1. The van der Waals surface area contributed by atoms with Crippen molar-refractivity contribution >= 4 is 0 Å². The minimum Gasteiger partial charge on any atom is -0.494 e. The van der Waals surface area contributed by atoms with Crippen molar-refractivity contribution < 1.29 is 4.74 Å². The van der Waals surface area contributed by atoms with Gasteiger partial charge in [0.2, 0.25) is 0 Å². The van der Waals surface area contributed by atoms with Crippen LogP contribution in [0.5, 0.6) is 5.75 Å². The lowest BCUT2D eigenvalue weighted by Gasteiger charge is -2.35. The quantitative estimate of drug-likeness (QED) is 0.855. The smallest absolute Gasteiger partial charge is 0.119 e. The summed E-state index contributed by atoms with van der Waals surface area (Å²) in [5, 5.41) is 0. The predicted octanol–water partition coefficient (Wildman–Crippen LogP) is 4.55. The van der Waals surface area contributed by atoms with Crippen LogP contribution in [0, 0.1) is 17.8 Å². The minimum atomic E-state index is 0.148. The molecule has 2 N–H and O–H groups in total. The predicted molar refractivity (Wildman–Crippen MR) is 84.8 cm³/mol. The zero-order valence-corrected chi connectivity index (χ0v) is 13.1. The second-order valence-electron chi connectivity index (χ2n) is 6.47. The van der Waals surface area contributed by atoms with Crippen molar-refractivity contribution in [2.45, 2.75) is 52.5 Å². The van der Waals surface area contributed by atoms with Gasteiger partial charge in [0.1, 0.15) is 5.75 Å². The Balaban J connectivity index is 2.03. The molecule has 1 aromatic rings. The topological polar surface area (TPSA) is 35.2 Å². The molecule has 112 valence electrons. The molecule has 0 aliphatic heterocycles. The van der Waals surface area contributed by atoms with Gasteiger partial charge in [-0.1, -0.05) is 39.3 Å². The van der Waals surface area contributed by atoms with Gasteiger partial charge in [0.25, 0.3) is 0 Å². The molecule has 2 heteroatoms. The van der Waals surface area contributed by atoms with Gasteiger partial charge in [-0.2, -0.15) is 0 Å². The Morgan fingerprint density at radius 2 is 2.05 bits per heavy atom. The molecular formula is C18H29NO. The van der Waals surface area contributed by atoms with E-state index in [0.717, 1.165) is 30.6 Å². The van der Waals surface area contributed by atoms with Crippen molar-refractivity contribution in [3.63, 3.8) is 0 Å². The number of hydrogen-bond donors (Lipinski definition) is 1. The molecule has 1 aliphatic carbocycles. The first-order valence-electron chi connectivity index (χ1n) is 8.10. The molecule has 0 radical (unpaired) electrons. The number of ether oxygens (including phenoxy) is 1. The lowest BCUT2D eigenvalue weighted by atomic mass is 9.72. The van der Waals surface area contributed by atoms with Crippen LogP contribution in [0.4, 0.5) is 0 Å². The fraction of sp³-hybridized carbons (Fsp3) is 0.667. The molecule has 0 spiro atoms. The van der Waals surface area contributed by atoms with Gasteiger partial charge in [0.05, 0.1) is 6.61 Å². The summed E-state index contributed by atoms with van der Waals surface area (Å²) < 4.78 is 5.72. The Labute approximate surface area is 123 Å². The summed E-state index contributed by atoms with van der Waals surface area (Å²) in [5.41, 5.74) is 7.75. The van der Waals surface area contributed by atoms with Crippen molar-refractivity contribution in [3.8, 4) is 5.75 Å². The van der Waals surface area contributed by atoms with Crippen molar-refractivity contribution in [2.75, 3.05) is 6.61 Å². The van der Waals surface area contributed by atoms with Crippen LogP contribution in [0.1, 0.15) is 58.1 Å². The van der Waals surface area contributed by atoms with Crippen LogP contribution in [0.3, 0.4) is 0 Å². The SMILES string of the molecule is CCCOc1cccc(C(N)C2CCC(C)C(C)C2)c1. The summed E-state index contributed by atoms with van der Waals surface area (Å²) in [6.07, 6.45) is 4.86. The Kier molecular flexibility index (Phi) is 5.47. The number of nitrogens with two attached hydrogens (primary N) is 1. The Morgan fingerprint density at radius 1 is 1.25 bits per heavy atom. The van der Waals surface area contributed by atoms with E-state index < -0.39 is 0 Å². The summed E-state index contributed by atoms with van der Waals surface area (Å²) in [5.74, 6) is 3.21. The van der Waals surface area contributed by atoms with Crippen LogP contribution >= 0.6 is 0 Å². The molecule has 1 aliphatic rings.